The maximum atomic E-state index is 13.5. The predicted molar refractivity (Wildman–Crippen MR) is 84.6 cm³/mol. The highest BCUT2D eigenvalue weighted by atomic mass is 19.1. The molecule has 0 heterocycles. The summed E-state index contributed by atoms with van der Waals surface area (Å²) in [6.45, 7) is 0.0850. The van der Waals surface area contributed by atoms with Gasteiger partial charge in [0.25, 0.3) is 0 Å². The summed E-state index contributed by atoms with van der Waals surface area (Å²) in [7, 11) is 0. The van der Waals surface area contributed by atoms with Crippen molar-refractivity contribution in [2.75, 3.05) is 6.54 Å². The van der Waals surface area contributed by atoms with Gasteiger partial charge in [0.15, 0.2) is 0 Å². The van der Waals surface area contributed by atoms with Crippen LogP contribution < -0.4 is 10.6 Å². The number of carbonyl (C=O) groups excluding carboxylic acids is 1. The van der Waals surface area contributed by atoms with E-state index in [0.29, 0.717) is 17.5 Å². The zero-order valence-electron chi connectivity index (χ0n) is 12.4. The summed E-state index contributed by atoms with van der Waals surface area (Å²) in [6, 6.07) is 11.0. The second-order valence-electron chi connectivity index (χ2n) is 4.97. The minimum atomic E-state index is -0.509. The Hall–Kier alpha value is -2.87. The summed E-state index contributed by atoms with van der Waals surface area (Å²) in [5.41, 5.74) is 1.28. The molecule has 0 aromatic heterocycles. The predicted octanol–water partition coefficient (Wildman–Crippen LogP) is 3.18. The van der Waals surface area contributed by atoms with Crippen molar-refractivity contribution in [2.45, 2.75) is 12.5 Å². The minimum Gasteiger partial charge on any atom is -0.331 e. The third-order valence-electron chi connectivity index (χ3n) is 3.24. The van der Waals surface area contributed by atoms with Crippen LogP contribution in [0.25, 0.3) is 0 Å². The Kier molecular flexibility index (Phi) is 5.70. The van der Waals surface area contributed by atoms with E-state index < -0.39 is 17.9 Å². The second-order valence-corrected chi connectivity index (χ2v) is 4.97. The number of rotatable bonds is 5. The van der Waals surface area contributed by atoms with E-state index in [1.807, 2.05) is 0 Å². The number of terminal acetylenes is 1. The second kappa shape index (κ2) is 7.95. The van der Waals surface area contributed by atoms with Gasteiger partial charge in [0.05, 0.1) is 12.6 Å². The van der Waals surface area contributed by atoms with Crippen molar-refractivity contribution in [3.8, 4) is 12.3 Å². The molecule has 1 atom stereocenters. The monoisotopic (exact) mass is 314 g/mol. The molecule has 0 radical (unpaired) electrons. The van der Waals surface area contributed by atoms with E-state index in [1.165, 1.54) is 24.3 Å². The standard InChI is InChI=1S/C18H16F2N2O/c1-2-9-21-18(23)22-17(14-6-4-8-16(20)12-14)11-13-5-3-7-15(19)10-13/h1,3-8,10,12,17H,9,11H2,(H2,21,22,23). The van der Waals surface area contributed by atoms with Crippen molar-refractivity contribution in [1.29, 1.82) is 0 Å². The molecule has 0 aliphatic carbocycles. The summed E-state index contributed by atoms with van der Waals surface area (Å²) in [5, 5.41) is 5.22. The first kappa shape index (κ1) is 16.5. The Balaban J connectivity index is 2.20. The summed E-state index contributed by atoms with van der Waals surface area (Å²) in [4.78, 5) is 11.8. The van der Waals surface area contributed by atoms with Gasteiger partial charge < -0.3 is 10.6 Å². The van der Waals surface area contributed by atoms with Crippen molar-refractivity contribution in [2.24, 2.45) is 0 Å². The molecule has 2 aromatic carbocycles. The molecule has 5 heteroatoms. The van der Waals surface area contributed by atoms with Gasteiger partial charge in [-0.2, -0.15) is 0 Å². The van der Waals surface area contributed by atoms with E-state index in [-0.39, 0.29) is 12.4 Å². The number of carbonyl (C=O) groups is 1. The molecule has 2 N–H and O–H groups in total. The molecular weight excluding hydrogens is 298 g/mol. The van der Waals surface area contributed by atoms with Crippen LogP contribution in [0.15, 0.2) is 48.5 Å². The summed E-state index contributed by atoms with van der Waals surface area (Å²) >= 11 is 0. The molecule has 2 amide bonds. The van der Waals surface area contributed by atoms with Gasteiger partial charge in [-0.25, -0.2) is 13.6 Å². The van der Waals surface area contributed by atoms with Gasteiger partial charge in [0.1, 0.15) is 11.6 Å². The number of urea groups is 1. The molecule has 0 bridgehead atoms. The molecule has 118 valence electrons. The van der Waals surface area contributed by atoms with E-state index >= 15 is 0 Å². The highest BCUT2D eigenvalue weighted by Gasteiger charge is 2.16. The van der Waals surface area contributed by atoms with Crippen LogP contribution in [-0.4, -0.2) is 12.6 Å². The zero-order chi connectivity index (χ0) is 16.7. The summed E-state index contributed by atoms with van der Waals surface area (Å²) in [6.07, 6.45) is 5.42. The number of nitrogens with one attached hydrogen (secondary N) is 2. The molecule has 2 aromatic rings. The normalized spacial score (nSPS) is 11.3. The van der Waals surface area contributed by atoms with E-state index in [4.69, 9.17) is 6.42 Å². The average Bonchev–Trinajstić information content (AvgIpc) is 2.52. The van der Waals surface area contributed by atoms with Crippen LogP contribution >= 0.6 is 0 Å². The average molecular weight is 314 g/mol. The molecular formula is C18H16F2N2O. The first-order valence-electron chi connectivity index (χ1n) is 7.06. The van der Waals surface area contributed by atoms with Crippen LogP contribution in [0.5, 0.6) is 0 Å². The van der Waals surface area contributed by atoms with Gasteiger partial charge in [-0.1, -0.05) is 30.2 Å². The maximum absolute atomic E-state index is 13.5. The number of hydrogen-bond donors (Lipinski definition) is 2. The molecule has 0 fully saturated rings. The van der Waals surface area contributed by atoms with Crippen LogP contribution in [0.1, 0.15) is 17.2 Å². The Morgan fingerprint density at radius 3 is 2.48 bits per heavy atom. The fourth-order valence-corrected chi connectivity index (χ4v) is 2.22. The van der Waals surface area contributed by atoms with Crippen molar-refractivity contribution in [3.63, 3.8) is 0 Å². The smallest absolute Gasteiger partial charge is 0.316 e. The molecule has 3 nitrogen and oxygen atoms in total. The van der Waals surface area contributed by atoms with Gasteiger partial charge in [-0.05, 0) is 41.8 Å². The van der Waals surface area contributed by atoms with Crippen molar-refractivity contribution < 1.29 is 13.6 Å². The van der Waals surface area contributed by atoms with E-state index in [9.17, 15) is 13.6 Å². The Morgan fingerprint density at radius 2 is 1.83 bits per heavy atom. The van der Waals surface area contributed by atoms with Gasteiger partial charge in [-0.15, -0.1) is 6.42 Å². The lowest BCUT2D eigenvalue weighted by Crippen LogP contribution is -2.38. The fourth-order valence-electron chi connectivity index (χ4n) is 2.22. The molecule has 0 aliphatic heterocycles. The first-order valence-corrected chi connectivity index (χ1v) is 7.06. The lowest BCUT2D eigenvalue weighted by Gasteiger charge is -2.19. The van der Waals surface area contributed by atoms with E-state index in [1.54, 1.807) is 24.3 Å². The fraction of sp³-hybridized carbons (Fsp3) is 0.167. The molecule has 2 rings (SSSR count). The molecule has 0 spiro atoms. The van der Waals surface area contributed by atoms with Gasteiger partial charge in [0.2, 0.25) is 0 Å². The molecule has 0 saturated heterocycles. The number of amides is 2. The minimum absolute atomic E-state index is 0.0850. The molecule has 1 unspecified atom stereocenters. The highest BCUT2D eigenvalue weighted by Crippen LogP contribution is 2.20. The van der Waals surface area contributed by atoms with Crippen LogP contribution in [0, 0.1) is 24.0 Å². The first-order chi connectivity index (χ1) is 11.1. The number of hydrogen-bond acceptors (Lipinski definition) is 1. The maximum Gasteiger partial charge on any atom is 0.316 e. The van der Waals surface area contributed by atoms with E-state index in [2.05, 4.69) is 16.6 Å². The quantitative estimate of drug-likeness (QED) is 0.818. The molecule has 0 saturated carbocycles. The largest absolute Gasteiger partial charge is 0.331 e. The Morgan fingerprint density at radius 1 is 1.13 bits per heavy atom. The van der Waals surface area contributed by atoms with Crippen molar-refractivity contribution >= 4 is 6.03 Å². The van der Waals surface area contributed by atoms with E-state index in [0.717, 1.165) is 0 Å². The summed E-state index contributed by atoms with van der Waals surface area (Å²) in [5.74, 6) is 1.53. The lowest BCUT2D eigenvalue weighted by atomic mass is 9.99. The number of benzene rings is 2. The Labute approximate surface area is 133 Å². The third kappa shape index (κ3) is 5.11. The molecule has 23 heavy (non-hydrogen) atoms. The zero-order valence-corrected chi connectivity index (χ0v) is 12.4. The van der Waals surface area contributed by atoms with Crippen LogP contribution in [0.2, 0.25) is 0 Å². The van der Waals surface area contributed by atoms with Crippen LogP contribution in [0.4, 0.5) is 13.6 Å². The van der Waals surface area contributed by atoms with Gasteiger partial charge >= 0.3 is 6.03 Å². The van der Waals surface area contributed by atoms with Crippen molar-refractivity contribution in [1.82, 2.24) is 10.6 Å². The lowest BCUT2D eigenvalue weighted by molar-refractivity contribution is 0.238. The third-order valence-corrected chi connectivity index (χ3v) is 3.24. The Bertz CT molecular complexity index is 725. The number of halogens is 2. The SMILES string of the molecule is C#CCNC(=O)NC(Cc1cccc(F)c1)c1cccc(F)c1. The topological polar surface area (TPSA) is 41.1 Å². The molecule has 0 aliphatic rings. The van der Waals surface area contributed by atoms with Gasteiger partial charge in [-0.3, -0.25) is 0 Å². The van der Waals surface area contributed by atoms with Gasteiger partial charge in [0, 0.05) is 0 Å². The van der Waals surface area contributed by atoms with Crippen LogP contribution in [-0.2, 0) is 6.42 Å². The summed E-state index contributed by atoms with van der Waals surface area (Å²) < 4.78 is 26.8. The highest BCUT2D eigenvalue weighted by molar-refractivity contribution is 5.74. The van der Waals surface area contributed by atoms with Crippen molar-refractivity contribution in [3.05, 3.63) is 71.3 Å². The van der Waals surface area contributed by atoms with Crippen LogP contribution in [0.3, 0.4) is 0 Å².